The van der Waals surface area contributed by atoms with E-state index >= 15 is 0 Å². The molecule has 0 aliphatic rings. The molecule has 10 nitrogen and oxygen atoms in total. The van der Waals surface area contributed by atoms with Gasteiger partial charge in [0.25, 0.3) is 0 Å². The number of carbonyl (C=O) groups excluding carboxylic acids is 1. The molecular formula is C27H23N7O3S. The largest absolute Gasteiger partial charge is 0.493 e. The van der Waals surface area contributed by atoms with Crippen LogP contribution in [0.3, 0.4) is 0 Å². The molecule has 0 bridgehead atoms. The predicted molar refractivity (Wildman–Crippen MR) is 146 cm³/mol. The van der Waals surface area contributed by atoms with Crippen molar-refractivity contribution in [2.45, 2.75) is 6.42 Å². The Morgan fingerprint density at radius 1 is 1.03 bits per heavy atom. The Hall–Kier alpha value is -5.03. The van der Waals surface area contributed by atoms with E-state index in [0.29, 0.717) is 50.7 Å². The van der Waals surface area contributed by atoms with Crippen molar-refractivity contribution in [3.63, 3.8) is 0 Å². The fraction of sp³-hybridized carbons (Fsp3) is 0.0741. The van der Waals surface area contributed by atoms with Crippen molar-refractivity contribution < 1.29 is 14.6 Å². The van der Waals surface area contributed by atoms with Gasteiger partial charge in [0.1, 0.15) is 5.75 Å². The number of benzene rings is 2. The Kier molecular flexibility index (Phi) is 7.09. The lowest BCUT2D eigenvalue weighted by Gasteiger charge is -2.11. The zero-order chi connectivity index (χ0) is 26.5. The molecule has 4 N–H and O–H groups in total. The lowest BCUT2D eigenvalue weighted by molar-refractivity contribution is -0.115. The van der Waals surface area contributed by atoms with Crippen LogP contribution >= 0.6 is 12.2 Å². The second-order valence-corrected chi connectivity index (χ2v) is 8.51. The molecule has 0 aliphatic carbocycles. The number of carbonyl (C=O) groups is 1. The number of aromatic amines is 1. The van der Waals surface area contributed by atoms with Crippen molar-refractivity contribution in [1.29, 1.82) is 0 Å². The van der Waals surface area contributed by atoms with Gasteiger partial charge < -0.3 is 25.5 Å². The first-order valence-corrected chi connectivity index (χ1v) is 12.0. The van der Waals surface area contributed by atoms with Crippen molar-refractivity contribution >= 4 is 29.8 Å². The van der Waals surface area contributed by atoms with Crippen LogP contribution in [0.25, 0.3) is 16.9 Å². The third-order valence-corrected chi connectivity index (χ3v) is 5.86. The molecule has 0 unspecified atom stereocenters. The zero-order valence-corrected chi connectivity index (χ0v) is 21.1. The molecule has 2 aromatic carbocycles. The number of para-hydroxylation sites is 1. The lowest BCUT2D eigenvalue weighted by atomic mass is 10.2. The number of aromatic hydroxyl groups is 1. The minimum Gasteiger partial charge on any atom is -0.493 e. The van der Waals surface area contributed by atoms with Gasteiger partial charge in [-0.3, -0.25) is 9.36 Å². The lowest BCUT2D eigenvalue weighted by Crippen LogP contribution is -2.14. The number of hydrogen-bond donors (Lipinski definition) is 4. The van der Waals surface area contributed by atoms with E-state index in [9.17, 15) is 9.90 Å². The highest BCUT2D eigenvalue weighted by molar-refractivity contribution is 7.71. The van der Waals surface area contributed by atoms with Gasteiger partial charge in [0.2, 0.25) is 23.6 Å². The smallest absolute Gasteiger partial charge is 0.230 e. The fourth-order valence-corrected chi connectivity index (χ4v) is 4.11. The predicted octanol–water partition coefficient (Wildman–Crippen LogP) is 5.11. The van der Waals surface area contributed by atoms with Gasteiger partial charge in [-0.25, -0.2) is 15.0 Å². The summed E-state index contributed by atoms with van der Waals surface area (Å²) in [5.74, 6) is 0.994. The molecule has 0 radical (unpaired) electrons. The molecule has 0 saturated carbocycles. The highest BCUT2D eigenvalue weighted by Crippen LogP contribution is 2.31. The van der Waals surface area contributed by atoms with Crippen molar-refractivity contribution in [3.8, 4) is 34.5 Å². The van der Waals surface area contributed by atoms with E-state index in [-0.39, 0.29) is 18.2 Å². The van der Waals surface area contributed by atoms with Crippen LogP contribution in [0.1, 0.15) is 5.69 Å². The number of anilines is 2. The van der Waals surface area contributed by atoms with Crippen LogP contribution in [0.4, 0.5) is 11.6 Å². The van der Waals surface area contributed by atoms with Gasteiger partial charge in [-0.15, -0.1) is 0 Å². The monoisotopic (exact) mass is 525 g/mol. The molecule has 0 spiro atoms. The first-order valence-electron chi connectivity index (χ1n) is 11.6. The van der Waals surface area contributed by atoms with Crippen molar-refractivity contribution in [1.82, 2.24) is 24.5 Å². The summed E-state index contributed by atoms with van der Waals surface area (Å²) in [7, 11) is 1.75. The van der Waals surface area contributed by atoms with E-state index < -0.39 is 0 Å². The molecule has 11 heteroatoms. The number of ether oxygens (including phenoxy) is 1. The highest BCUT2D eigenvalue weighted by atomic mass is 32.1. The highest BCUT2D eigenvalue weighted by Gasteiger charge is 2.16. The SMILES string of the molecule is CNc1nccc(-c2cccnc2Oc2ccc(NC(=O)Cc3[nH]c(=S)n(-c4ccccc4)c3O)cc2)n1. The summed E-state index contributed by atoms with van der Waals surface area (Å²) in [6, 6.07) is 21.5. The number of hydrogen-bond acceptors (Lipinski definition) is 8. The minimum atomic E-state index is -0.318. The van der Waals surface area contributed by atoms with Crippen LogP contribution in [-0.4, -0.2) is 42.6 Å². The molecule has 0 atom stereocenters. The van der Waals surface area contributed by atoms with Crippen LogP contribution in [-0.2, 0) is 11.2 Å². The van der Waals surface area contributed by atoms with Gasteiger partial charge in [0.05, 0.1) is 29.1 Å². The van der Waals surface area contributed by atoms with Crippen molar-refractivity contribution in [3.05, 3.63) is 95.7 Å². The van der Waals surface area contributed by atoms with E-state index in [1.54, 1.807) is 55.8 Å². The van der Waals surface area contributed by atoms with E-state index in [0.717, 1.165) is 0 Å². The second kappa shape index (κ2) is 10.9. The maximum Gasteiger partial charge on any atom is 0.230 e. The van der Waals surface area contributed by atoms with Crippen LogP contribution in [0.2, 0.25) is 0 Å². The maximum atomic E-state index is 12.7. The van der Waals surface area contributed by atoms with E-state index in [4.69, 9.17) is 17.0 Å². The van der Waals surface area contributed by atoms with E-state index in [2.05, 4.69) is 30.6 Å². The quantitative estimate of drug-likeness (QED) is 0.206. The first kappa shape index (κ1) is 24.7. The molecule has 38 heavy (non-hydrogen) atoms. The number of imidazole rings is 1. The summed E-state index contributed by atoms with van der Waals surface area (Å²) in [5.41, 5.74) is 2.97. The number of aromatic nitrogens is 5. The average Bonchev–Trinajstić information content (AvgIpc) is 3.22. The first-order chi connectivity index (χ1) is 18.5. The molecule has 3 aromatic heterocycles. The Balaban J connectivity index is 1.27. The zero-order valence-electron chi connectivity index (χ0n) is 20.3. The van der Waals surface area contributed by atoms with Crippen LogP contribution in [0.15, 0.2) is 85.2 Å². The number of H-pyrrole nitrogens is 1. The maximum absolute atomic E-state index is 12.7. The molecule has 0 saturated heterocycles. The molecule has 0 fully saturated rings. The molecule has 190 valence electrons. The number of rotatable bonds is 8. The normalized spacial score (nSPS) is 10.7. The van der Waals surface area contributed by atoms with Gasteiger partial charge in [-0.05, 0) is 66.8 Å². The van der Waals surface area contributed by atoms with Gasteiger partial charge >= 0.3 is 0 Å². The number of amides is 1. The Morgan fingerprint density at radius 3 is 2.58 bits per heavy atom. The molecule has 1 amide bonds. The molecular weight excluding hydrogens is 502 g/mol. The minimum absolute atomic E-state index is 0.0849. The summed E-state index contributed by atoms with van der Waals surface area (Å²) in [5, 5.41) is 16.4. The Bertz CT molecular complexity index is 1630. The molecule has 5 rings (SSSR count). The Morgan fingerprint density at radius 2 is 1.82 bits per heavy atom. The summed E-state index contributed by atoms with van der Waals surface area (Å²) in [6.07, 6.45) is 3.21. The van der Waals surface area contributed by atoms with E-state index in [1.165, 1.54) is 4.57 Å². The number of nitrogens with one attached hydrogen (secondary N) is 3. The van der Waals surface area contributed by atoms with E-state index in [1.807, 2.05) is 36.4 Å². The topological polar surface area (TPSA) is 130 Å². The van der Waals surface area contributed by atoms with Gasteiger partial charge in [-0.2, -0.15) is 0 Å². The third-order valence-electron chi connectivity index (χ3n) is 5.57. The summed E-state index contributed by atoms with van der Waals surface area (Å²) < 4.78 is 7.79. The van der Waals surface area contributed by atoms with Crippen molar-refractivity contribution in [2.24, 2.45) is 0 Å². The second-order valence-electron chi connectivity index (χ2n) is 8.13. The molecule has 0 aliphatic heterocycles. The summed E-state index contributed by atoms with van der Waals surface area (Å²) in [4.78, 5) is 28.5. The van der Waals surface area contributed by atoms with Crippen molar-refractivity contribution in [2.75, 3.05) is 17.7 Å². The molecule has 5 aromatic rings. The van der Waals surface area contributed by atoms with Crippen LogP contribution in [0.5, 0.6) is 17.5 Å². The fourth-order valence-electron chi connectivity index (χ4n) is 3.79. The van der Waals surface area contributed by atoms with Gasteiger partial charge in [-0.1, -0.05) is 18.2 Å². The molecule has 3 heterocycles. The average molecular weight is 526 g/mol. The number of nitrogens with zero attached hydrogens (tertiary/aromatic N) is 4. The van der Waals surface area contributed by atoms with Crippen LogP contribution < -0.4 is 15.4 Å². The summed E-state index contributed by atoms with van der Waals surface area (Å²) in [6.45, 7) is 0. The number of pyridine rings is 1. The standard InChI is InChI=1S/C27H23N7O3S/c1-28-26-30-15-13-21(32-26)20-8-5-14-29-24(20)37-19-11-9-17(10-12-19)31-23(35)16-22-25(36)34(27(38)33-22)18-6-3-2-4-7-18/h2-15,36H,16H2,1H3,(H,31,35)(H,33,38)(H,28,30,32). The third kappa shape index (κ3) is 5.37. The Labute approximate surface area is 223 Å². The van der Waals surface area contributed by atoms with Gasteiger partial charge in [0.15, 0.2) is 4.77 Å². The van der Waals surface area contributed by atoms with Crippen LogP contribution in [0, 0.1) is 4.77 Å². The summed E-state index contributed by atoms with van der Waals surface area (Å²) >= 11 is 5.33. The van der Waals surface area contributed by atoms with Gasteiger partial charge in [0, 0.05) is 25.1 Å².